The van der Waals surface area contributed by atoms with E-state index in [0.29, 0.717) is 17.9 Å². The number of carbonyl (C=O) groups is 1. The minimum absolute atomic E-state index is 0.292. The third kappa shape index (κ3) is 3.36. The molecule has 6 nitrogen and oxygen atoms in total. The largest absolute Gasteiger partial charge is 0.468 e. The van der Waals surface area contributed by atoms with Crippen LogP contribution in [-0.2, 0) is 6.54 Å². The van der Waals surface area contributed by atoms with Crippen LogP contribution < -0.4 is 10.9 Å². The van der Waals surface area contributed by atoms with E-state index < -0.39 is 0 Å². The Bertz CT molecular complexity index is 742. The molecule has 0 spiro atoms. The molecule has 6 heteroatoms. The number of hydrogen-bond donors (Lipinski definition) is 2. The second kappa shape index (κ2) is 6.64. The van der Waals surface area contributed by atoms with Gasteiger partial charge in [-0.25, -0.2) is 15.4 Å². The lowest BCUT2D eigenvalue weighted by atomic mass is 10.1. The lowest BCUT2D eigenvalue weighted by Gasteiger charge is -2.06. The first-order valence-corrected chi connectivity index (χ1v) is 6.76. The van der Waals surface area contributed by atoms with Crippen LogP contribution in [0.5, 0.6) is 0 Å². The highest BCUT2D eigenvalue weighted by atomic mass is 16.3. The highest BCUT2D eigenvalue weighted by Crippen LogP contribution is 2.15. The molecular formula is C16H14N4O2. The number of hydrogen-bond acceptors (Lipinski definition) is 5. The van der Waals surface area contributed by atoms with Gasteiger partial charge in [0.1, 0.15) is 17.8 Å². The van der Waals surface area contributed by atoms with E-state index >= 15 is 0 Å². The highest BCUT2D eigenvalue weighted by molar-refractivity contribution is 5.92. The lowest BCUT2D eigenvalue weighted by Crippen LogP contribution is -2.37. The van der Waals surface area contributed by atoms with Gasteiger partial charge in [-0.3, -0.25) is 10.2 Å². The molecule has 0 atom stereocenters. The zero-order valence-corrected chi connectivity index (χ0v) is 11.7. The van der Waals surface area contributed by atoms with E-state index in [1.807, 2.05) is 36.4 Å². The normalized spacial score (nSPS) is 10.4. The fourth-order valence-corrected chi connectivity index (χ4v) is 1.94. The average Bonchev–Trinajstić information content (AvgIpc) is 3.09. The third-order valence-electron chi connectivity index (χ3n) is 3.01. The number of benzene rings is 1. The molecule has 2 N–H and O–H groups in total. The fourth-order valence-electron chi connectivity index (χ4n) is 1.94. The molecule has 1 aromatic carbocycles. The van der Waals surface area contributed by atoms with Crippen LogP contribution in [0.3, 0.4) is 0 Å². The molecule has 2 heterocycles. The number of rotatable bonds is 5. The maximum absolute atomic E-state index is 12.1. The number of hydrazine groups is 1. The van der Waals surface area contributed by atoms with Crippen LogP contribution in [0.25, 0.3) is 11.3 Å². The molecule has 0 fully saturated rings. The molecule has 3 aromatic rings. The molecule has 0 bridgehead atoms. The summed E-state index contributed by atoms with van der Waals surface area (Å²) < 4.78 is 5.16. The van der Waals surface area contributed by atoms with E-state index in [-0.39, 0.29) is 5.91 Å². The number of nitrogens with one attached hydrogen (secondary N) is 2. The van der Waals surface area contributed by atoms with Gasteiger partial charge in [-0.2, -0.15) is 0 Å². The van der Waals surface area contributed by atoms with Crippen molar-refractivity contribution in [1.29, 1.82) is 0 Å². The van der Waals surface area contributed by atoms with Crippen LogP contribution in [0, 0.1) is 0 Å². The molecule has 0 saturated carbocycles. The van der Waals surface area contributed by atoms with Crippen molar-refractivity contribution < 1.29 is 9.21 Å². The molecule has 1 amide bonds. The van der Waals surface area contributed by atoms with Crippen molar-refractivity contribution in [3.8, 4) is 11.3 Å². The smallest absolute Gasteiger partial charge is 0.284 e. The summed E-state index contributed by atoms with van der Waals surface area (Å²) in [4.78, 5) is 20.2. The Labute approximate surface area is 127 Å². The second-order valence-electron chi connectivity index (χ2n) is 4.54. The van der Waals surface area contributed by atoms with Gasteiger partial charge in [-0.15, -0.1) is 0 Å². The van der Waals surface area contributed by atoms with Crippen molar-refractivity contribution in [3.05, 3.63) is 72.6 Å². The second-order valence-corrected chi connectivity index (χ2v) is 4.54. The Morgan fingerprint density at radius 3 is 2.73 bits per heavy atom. The Morgan fingerprint density at radius 2 is 1.95 bits per heavy atom. The van der Waals surface area contributed by atoms with Gasteiger partial charge in [0.25, 0.3) is 5.91 Å². The molecule has 3 rings (SSSR count). The van der Waals surface area contributed by atoms with Gasteiger partial charge in [-0.1, -0.05) is 30.3 Å². The van der Waals surface area contributed by atoms with E-state index in [1.165, 1.54) is 6.33 Å². The van der Waals surface area contributed by atoms with Crippen LogP contribution in [0.2, 0.25) is 0 Å². The SMILES string of the molecule is O=C(NNCc1ccco1)c1cc(-c2ccccc2)ncn1. The van der Waals surface area contributed by atoms with E-state index in [9.17, 15) is 4.79 Å². The van der Waals surface area contributed by atoms with E-state index in [1.54, 1.807) is 18.4 Å². The Balaban J connectivity index is 1.65. The summed E-state index contributed by atoms with van der Waals surface area (Å²) in [5.41, 5.74) is 7.29. The number of carbonyl (C=O) groups excluding carboxylic acids is 1. The zero-order chi connectivity index (χ0) is 15.2. The number of nitrogens with zero attached hydrogens (tertiary/aromatic N) is 2. The van der Waals surface area contributed by atoms with Crippen LogP contribution in [0.1, 0.15) is 16.2 Å². The number of aromatic nitrogens is 2. The zero-order valence-electron chi connectivity index (χ0n) is 11.7. The fraction of sp³-hybridized carbons (Fsp3) is 0.0625. The topological polar surface area (TPSA) is 80.0 Å². The minimum Gasteiger partial charge on any atom is -0.468 e. The van der Waals surface area contributed by atoms with Crippen LogP contribution in [-0.4, -0.2) is 15.9 Å². The molecule has 0 aliphatic rings. The summed E-state index contributed by atoms with van der Waals surface area (Å²) in [6.45, 7) is 0.398. The first-order chi connectivity index (χ1) is 10.8. The Morgan fingerprint density at radius 1 is 1.09 bits per heavy atom. The van der Waals surface area contributed by atoms with E-state index in [2.05, 4.69) is 20.8 Å². The summed E-state index contributed by atoms with van der Waals surface area (Å²) in [5, 5.41) is 0. The van der Waals surface area contributed by atoms with E-state index in [4.69, 9.17) is 4.42 Å². The number of amides is 1. The van der Waals surface area contributed by atoms with E-state index in [0.717, 1.165) is 11.3 Å². The van der Waals surface area contributed by atoms with Crippen molar-refractivity contribution in [3.63, 3.8) is 0 Å². The van der Waals surface area contributed by atoms with Crippen molar-refractivity contribution >= 4 is 5.91 Å². The maximum Gasteiger partial charge on any atom is 0.284 e. The quantitative estimate of drug-likeness (QED) is 0.705. The van der Waals surface area contributed by atoms with Gasteiger partial charge in [0.2, 0.25) is 0 Å². The van der Waals surface area contributed by atoms with Crippen molar-refractivity contribution in [2.75, 3.05) is 0 Å². The molecular weight excluding hydrogens is 280 g/mol. The highest BCUT2D eigenvalue weighted by Gasteiger charge is 2.09. The average molecular weight is 294 g/mol. The van der Waals surface area contributed by atoms with Crippen LogP contribution in [0.4, 0.5) is 0 Å². The first kappa shape index (κ1) is 14.0. The van der Waals surface area contributed by atoms with Crippen LogP contribution in [0.15, 0.2) is 65.5 Å². The number of furan rings is 1. The lowest BCUT2D eigenvalue weighted by molar-refractivity contribution is 0.0926. The standard InChI is InChI=1S/C16H14N4O2/c21-16(20-19-10-13-7-4-8-22-13)15-9-14(17-11-18-15)12-5-2-1-3-6-12/h1-9,11,19H,10H2,(H,20,21). The summed E-state index contributed by atoms with van der Waals surface area (Å²) in [7, 11) is 0. The maximum atomic E-state index is 12.1. The van der Waals surface area contributed by atoms with Gasteiger partial charge in [-0.05, 0) is 18.2 Å². The minimum atomic E-state index is -0.328. The van der Waals surface area contributed by atoms with Gasteiger partial charge in [0.05, 0.1) is 18.5 Å². The molecule has 0 saturated heterocycles. The molecule has 0 aliphatic heterocycles. The summed E-state index contributed by atoms with van der Waals surface area (Å²) in [6.07, 6.45) is 2.96. The predicted molar refractivity (Wildman–Crippen MR) is 80.5 cm³/mol. The molecule has 0 unspecified atom stereocenters. The summed E-state index contributed by atoms with van der Waals surface area (Å²) in [5.74, 6) is 0.402. The molecule has 0 aliphatic carbocycles. The molecule has 22 heavy (non-hydrogen) atoms. The monoisotopic (exact) mass is 294 g/mol. The molecule has 0 radical (unpaired) electrons. The van der Waals surface area contributed by atoms with Gasteiger partial charge < -0.3 is 4.42 Å². The Hall–Kier alpha value is -2.99. The predicted octanol–water partition coefficient (Wildman–Crippen LogP) is 2.17. The van der Waals surface area contributed by atoms with Gasteiger partial charge >= 0.3 is 0 Å². The van der Waals surface area contributed by atoms with Gasteiger partial charge in [0, 0.05) is 5.56 Å². The van der Waals surface area contributed by atoms with Crippen molar-refractivity contribution in [2.24, 2.45) is 0 Å². The molecule has 110 valence electrons. The summed E-state index contributed by atoms with van der Waals surface area (Å²) >= 11 is 0. The third-order valence-corrected chi connectivity index (χ3v) is 3.01. The van der Waals surface area contributed by atoms with Crippen molar-refractivity contribution in [2.45, 2.75) is 6.54 Å². The van der Waals surface area contributed by atoms with Gasteiger partial charge in [0.15, 0.2) is 0 Å². The first-order valence-electron chi connectivity index (χ1n) is 6.76. The summed E-state index contributed by atoms with van der Waals surface area (Å²) in [6, 6.07) is 14.9. The Kier molecular flexibility index (Phi) is 4.22. The van der Waals surface area contributed by atoms with Crippen LogP contribution >= 0.6 is 0 Å². The molecule has 2 aromatic heterocycles. The van der Waals surface area contributed by atoms with Crippen molar-refractivity contribution in [1.82, 2.24) is 20.8 Å².